The van der Waals surface area contributed by atoms with Gasteiger partial charge in [0, 0.05) is 41.5 Å². The fourth-order valence-corrected chi connectivity index (χ4v) is 5.13. The fourth-order valence-electron chi connectivity index (χ4n) is 4.29. The van der Waals surface area contributed by atoms with Crippen molar-refractivity contribution in [2.75, 3.05) is 26.4 Å². The molecule has 2 aliphatic heterocycles. The van der Waals surface area contributed by atoms with Gasteiger partial charge < -0.3 is 19.1 Å². The highest BCUT2D eigenvalue weighted by molar-refractivity contribution is 7.13. The summed E-state index contributed by atoms with van der Waals surface area (Å²) in [4.78, 5) is 21.2. The first-order valence-electron chi connectivity index (χ1n) is 11.5. The van der Waals surface area contributed by atoms with Crippen LogP contribution >= 0.6 is 11.3 Å². The number of hydrogen-bond donors (Lipinski definition) is 0. The van der Waals surface area contributed by atoms with Crippen LogP contribution in [0, 0.1) is 6.92 Å². The van der Waals surface area contributed by atoms with Gasteiger partial charge in [-0.2, -0.15) is 0 Å². The van der Waals surface area contributed by atoms with Crippen molar-refractivity contribution in [1.29, 1.82) is 0 Å². The Morgan fingerprint density at radius 3 is 2.91 bits per heavy atom. The number of benzene rings is 1. The highest BCUT2D eigenvalue weighted by Crippen LogP contribution is 2.39. The summed E-state index contributed by atoms with van der Waals surface area (Å²) >= 11 is 1.53. The summed E-state index contributed by atoms with van der Waals surface area (Å²) in [6.45, 7) is 4.71. The van der Waals surface area contributed by atoms with E-state index < -0.39 is 0 Å². The van der Waals surface area contributed by atoms with E-state index in [0.29, 0.717) is 32.1 Å². The highest BCUT2D eigenvalue weighted by Gasteiger charge is 2.26. The number of nitrogens with zero attached hydrogens (tertiary/aromatic N) is 2. The van der Waals surface area contributed by atoms with Crippen LogP contribution in [-0.2, 0) is 11.3 Å². The van der Waals surface area contributed by atoms with Crippen LogP contribution in [0.3, 0.4) is 0 Å². The number of carbonyl (C=O) groups is 1. The maximum absolute atomic E-state index is 13.2. The van der Waals surface area contributed by atoms with Crippen molar-refractivity contribution in [3.63, 3.8) is 0 Å². The molecule has 33 heavy (non-hydrogen) atoms. The topological polar surface area (TPSA) is 60.9 Å². The number of fused-ring (bicyclic) bond motifs is 1. The number of rotatable bonds is 5. The Labute approximate surface area is 198 Å². The Kier molecular flexibility index (Phi) is 6.60. The molecule has 1 fully saturated rings. The molecule has 1 amide bonds. The van der Waals surface area contributed by atoms with Crippen molar-refractivity contribution >= 4 is 17.2 Å². The average molecular weight is 465 g/mol. The minimum absolute atomic E-state index is 0.0365. The van der Waals surface area contributed by atoms with E-state index in [0.717, 1.165) is 58.1 Å². The SMILES string of the molecule is Cc1ccc(C(=O)N2CCOc3c(cc(-c4cccnc4)cc3OC[C@@H]3CCCCO3)C2)s1. The molecule has 6 nitrogen and oxygen atoms in total. The summed E-state index contributed by atoms with van der Waals surface area (Å²) in [7, 11) is 0. The second-order valence-electron chi connectivity index (χ2n) is 8.49. The fraction of sp³-hybridized carbons (Fsp3) is 0.385. The first-order chi connectivity index (χ1) is 16.2. The van der Waals surface area contributed by atoms with Gasteiger partial charge in [-0.15, -0.1) is 11.3 Å². The van der Waals surface area contributed by atoms with Crippen LogP contribution < -0.4 is 9.47 Å². The van der Waals surface area contributed by atoms with Gasteiger partial charge >= 0.3 is 0 Å². The highest BCUT2D eigenvalue weighted by atomic mass is 32.1. The zero-order valence-electron chi connectivity index (χ0n) is 18.8. The van der Waals surface area contributed by atoms with Crippen molar-refractivity contribution in [2.45, 2.75) is 38.8 Å². The van der Waals surface area contributed by atoms with E-state index in [1.54, 1.807) is 6.20 Å². The van der Waals surface area contributed by atoms with Crippen LogP contribution in [0.1, 0.15) is 39.4 Å². The van der Waals surface area contributed by atoms with Gasteiger partial charge in [-0.3, -0.25) is 9.78 Å². The van der Waals surface area contributed by atoms with Gasteiger partial charge in [0.25, 0.3) is 5.91 Å². The van der Waals surface area contributed by atoms with Crippen LogP contribution in [0.5, 0.6) is 11.5 Å². The molecular formula is C26H28N2O4S. The predicted molar refractivity (Wildman–Crippen MR) is 128 cm³/mol. The molecule has 0 spiro atoms. The van der Waals surface area contributed by atoms with Crippen molar-refractivity contribution in [2.24, 2.45) is 0 Å². The van der Waals surface area contributed by atoms with Gasteiger partial charge in [-0.05, 0) is 62.1 Å². The second kappa shape index (κ2) is 9.93. The lowest BCUT2D eigenvalue weighted by atomic mass is 10.0. The number of thiophene rings is 1. The lowest BCUT2D eigenvalue weighted by Gasteiger charge is -2.24. The lowest BCUT2D eigenvalue weighted by molar-refractivity contribution is -0.0115. The maximum Gasteiger partial charge on any atom is 0.264 e. The second-order valence-corrected chi connectivity index (χ2v) is 9.78. The van der Waals surface area contributed by atoms with Crippen molar-refractivity contribution < 1.29 is 19.0 Å². The Bertz CT molecular complexity index is 1110. The molecule has 0 radical (unpaired) electrons. The Morgan fingerprint density at radius 2 is 2.15 bits per heavy atom. The quantitative estimate of drug-likeness (QED) is 0.526. The number of pyridine rings is 1. The molecule has 5 rings (SSSR count). The van der Waals surface area contributed by atoms with Crippen LogP contribution in [0.25, 0.3) is 11.1 Å². The number of aromatic nitrogens is 1. The van der Waals surface area contributed by atoms with Crippen LogP contribution in [0.4, 0.5) is 0 Å². The summed E-state index contributed by atoms with van der Waals surface area (Å²) in [6.07, 6.45) is 6.98. The molecule has 0 N–H and O–H groups in total. The molecule has 1 saturated heterocycles. The third-order valence-corrected chi connectivity index (χ3v) is 7.02. The molecule has 1 aromatic carbocycles. The molecule has 2 aromatic heterocycles. The smallest absolute Gasteiger partial charge is 0.264 e. The first-order valence-corrected chi connectivity index (χ1v) is 12.3. The Hall–Kier alpha value is -2.90. The van der Waals surface area contributed by atoms with E-state index in [-0.39, 0.29) is 12.0 Å². The van der Waals surface area contributed by atoms with E-state index in [2.05, 4.69) is 11.1 Å². The minimum Gasteiger partial charge on any atom is -0.487 e. The summed E-state index contributed by atoms with van der Waals surface area (Å²) < 4.78 is 18.3. The average Bonchev–Trinajstić information content (AvgIpc) is 3.17. The van der Waals surface area contributed by atoms with Crippen molar-refractivity contribution in [3.05, 3.63) is 64.1 Å². The zero-order chi connectivity index (χ0) is 22.6. The minimum atomic E-state index is 0.0365. The number of amides is 1. The van der Waals surface area contributed by atoms with E-state index in [9.17, 15) is 4.79 Å². The van der Waals surface area contributed by atoms with E-state index in [1.165, 1.54) is 11.3 Å². The standard InChI is InChI=1S/C26H28N2O4S/c1-18-7-8-24(33-18)26(29)28-10-12-31-25-21(16-28)13-20(19-5-4-9-27-15-19)14-23(25)32-17-22-6-2-3-11-30-22/h4-5,7-9,13-15,22H,2-3,6,10-12,16-17H2,1H3/t22-/m0/s1. The molecule has 172 valence electrons. The summed E-state index contributed by atoms with van der Waals surface area (Å²) in [6, 6.07) is 11.9. The largest absolute Gasteiger partial charge is 0.487 e. The third-order valence-electron chi connectivity index (χ3n) is 6.03. The third kappa shape index (κ3) is 5.04. The van der Waals surface area contributed by atoms with Gasteiger partial charge in [0.2, 0.25) is 0 Å². The molecule has 0 aliphatic carbocycles. The van der Waals surface area contributed by atoms with Gasteiger partial charge in [0.05, 0.1) is 17.5 Å². The maximum atomic E-state index is 13.2. The molecular weight excluding hydrogens is 436 g/mol. The van der Waals surface area contributed by atoms with Crippen molar-refractivity contribution in [3.8, 4) is 22.6 Å². The molecule has 1 atom stereocenters. The van der Waals surface area contributed by atoms with Gasteiger partial charge in [0.15, 0.2) is 11.5 Å². The predicted octanol–water partition coefficient (Wildman–Crippen LogP) is 5.10. The van der Waals surface area contributed by atoms with Crippen LogP contribution in [0.2, 0.25) is 0 Å². The van der Waals surface area contributed by atoms with Crippen LogP contribution in [0.15, 0.2) is 48.8 Å². The molecule has 2 aliphatic rings. The van der Waals surface area contributed by atoms with Gasteiger partial charge in [-0.1, -0.05) is 6.07 Å². The molecule has 7 heteroatoms. The number of carbonyl (C=O) groups excluding carboxylic acids is 1. The summed E-state index contributed by atoms with van der Waals surface area (Å²) in [5.41, 5.74) is 2.93. The molecule has 0 saturated carbocycles. The number of ether oxygens (including phenoxy) is 3. The zero-order valence-corrected chi connectivity index (χ0v) is 19.6. The molecule has 0 bridgehead atoms. The summed E-state index contributed by atoms with van der Waals surface area (Å²) in [5.74, 6) is 1.45. The summed E-state index contributed by atoms with van der Waals surface area (Å²) in [5, 5.41) is 0. The van der Waals surface area contributed by atoms with Crippen molar-refractivity contribution in [1.82, 2.24) is 9.88 Å². The monoisotopic (exact) mass is 464 g/mol. The van der Waals surface area contributed by atoms with E-state index in [1.807, 2.05) is 48.4 Å². The number of hydrogen-bond acceptors (Lipinski definition) is 6. The lowest BCUT2D eigenvalue weighted by Crippen LogP contribution is -2.31. The first kappa shape index (κ1) is 21.9. The van der Waals surface area contributed by atoms with Crippen LogP contribution in [-0.4, -0.2) is 48.3 Å². The number of aryl methyl sites for hydroxylation is 1. The Balaban J connectivity index is 1.46. The molecule has 3 aromatic rings. The van der Waals surface area contributed by atoms with Gasteiger partial charge in [0.1, 0.15) is 13.2 Å². The molecule has 4 heterocycles. The Morgan fingerprint density at radius 1 is 1.21 bits per heavy atom. The molecule has 0 unspecified atom stereocenters. The normalized spacial score (nSPS) is 18.2. The van der Waals surface area contributed by atoms with E-state index in [4.69, 9.17) is 14.2 Å². The van der Waals surface area contributed by atoms with Gasteiger partial charge in [-0.25, -0.2) is 0 Å². The van der Waals surface area contributed by atoms with E-state index >= 15 is 0 Å².